The first-order valence-corrected chi connectivity index (χ1v) is 15.8. The van der Waals surface area contributed by atoms with Crippen LogP contribution in [0.5, 0.6) is 0 Å². The van der Waals surface area contributed by atoms with Gasteiger partial charge in [0.15, 0.2) is 0 Å². The number of aliphatic imine (C=N–C) groups is 2. The molecule has 44 heavy (non-hydrogen) atoms. The predicted molar refractivity (Wildman–Crippen MR) is 174 cm³/mol. The van der Waals surface area contributed by atoms with E-state index in [0.717, 1.165) is 50.5 Å². The lowest BCUT2D eigenvalue weighted by molar-refractivity contribution is -0.133. The van der Waals surface area contributed by atoms with Crippen LogP contribution in [0.3, 0.4) is 0 Å². The van der Waals surface area contributed by atoms with Gasteiger partial charge < -0.3 is 10.2 Å². The van der Waals surface area contributed by atoms with Crippen LogP contribution in [0.1, 0.15) is 100 Å². The molecule has 1 aliphatic heterocycles. The van der Waals surface area contributed by atoms with Crippen molar-refractivity contribution in [2.45, 2.75) is 84.3 Å². The van der Waals surface area contributed by atoms with Crippen LogP contribution < -0.4 is 22.1 Å². The first-order chi connectivity index (χ1) is 20.9. The zero-order valence-corrected chi connectivity index (χ0v) is 27.1. The molecule has 1 saturated carbocycles. The van der Waals surface area contributed by atoms with Gasteiger partial charge in [0.05, 0.1) is 17.6 Å². The summed E-state index contributed by atoms with van der Waals surface area (Å²) >= 11 is 5.98. The molecular weight excluding hydrogens is 581 g/mol. The van der Waals surface area contributed by atoms with Crippen molar-refractivity contribution in [2.24, 2.45) is 27.2 Å². The molecule has 2 aromatic carbocycles. The summed E-state index contributed by atoms with van der Waals surface area (Å²) in [5.41, 5.74) is 6.54. The minimum absolute atomic E-state index is 0.00696. The maximum absolute atomic E-state index is 14.6. The summed E-state index contributed by atoms with van der Waals surface area (Å²) in [6.07, 6.45) is 5.95. The number of carbonyl (C=O) groups is 2. The van der Waals surface area contributed by atoms with Gasteiger partial charge in [-0.1, -0.05) is 70.3 Å². The topological polar surface area (TPSA) is 124 Å². The van der Waals surface area contributed by atoms with Crippen molar-refractivity contribution in [3.8, 4) is 0 Å². The van der Waals surface area contributed by atoms with E-state index in [0.29, 0.717) is 22.9 Å². The third kappa shape index (κ3) is 7.30. The van der Waals surface area contributed by atoms with Gasteiger partial charge in [0.1, 0.15) is 23.0 Å². The van der Waals surface area contributed by atoms with Crippen LogP contribution in [-0.2, 0) is 4.79 Å². The molecule has 1 aliphatic carbocycles. The number of hydrogen-bond donors (Lipinski definition) is 4. The smallest absolute Gasteiger partial charge is 0.275 e. The Hall–Kier alpha value is -3.34. The molecule has 0 radical (unpaired) electrons. The lowest BCUT2D eigenvalue weighted by Crippen LogP contribution is -2.51. The van der Waals surface area contributed by atoms with Gasteiger partial charge in [-0.15, -0.1) is 0 Å². The number of rotatable bonds is 10. The number of hydrazine groups is 2. The molecule has 1 unspecified atom stereocenters. The van der Waals surface area contributed by atoms with Gasteiger partial charge in [-0.05, 0) is 73.3 Å². The van der Waals surface area contributed by atoms with Crippen LogP contribution in [-0.4, -0.2) is 47.5 Å². The zero-order valence-electron chi connectivity index (χ0n) is 26.3. The number of nitrogens with one attached hydrogen (secondary N) is 3. The molecule has 0 bridgehead atoms. The largest absolute Gasteiger partial charge is 0.345 e. The van der Waals surface area contributed by atoms with Crippen LogP contribution in [0, 0.1) is 17.2 Å². The van der Waals surface area contributed by atoms with Crippen LogP contribution in [0.15, 0.2) is 52.4 Å². The van der Waals surface area contributed by atoms with Crippen LogP contribution in [0.4, 0.5) is 4.39 Å². The fourth-order valence-corrected chi connectivity index (χ4v) is 6.52. The lowest BCUT2D eigenvalue weighted by atomic mass is 9.69. The monoisotopic (exact) mass is 625 g/mol. The second kappa shape index (κ2) is 14.2. The second-order valence-corrected chi connectivity index (χ2v) is 13.2. The number of amides is 2. The normalized spacial score (nSPS) is 21.4. The van der Waals surface area contributed by atoms with Crippen LogP contribution in [0.25, 0.3) is 0 Å². The van der Waals surface area contributed by atoms with E-state index in [1.807, 2.05) is 17.0 Å². The first-order valence-electron chi connectivity index (χ1n) is 15.4. The van der Waals surface area contributed by atoms with Crippen molar-refractivity contribution >= 4 is 35.0 Å². The van der Waals surface area contributed by atoms with Gasteiger partial charge in [-0.25, -0.2) is 4.39 Å². The van der Waals surface area contributed by atoms with Gasteiger partial charge >= 0.3 is 0 Å². The molecule has 0 saturated heterocycles. The summed E-state index contributed by atoms with van der Waals surface area (Å²) in [7, 11) is 1.59. The molecule has 1 spiro atoms. The molecule has 5 N–H and O–H groups in total. The van der Waals surface area contributed by atoms with E-state index in [2.05, 4.69) is 49.0 Å². The molecule has 2 aromatic rings. The number of nitrogens with two attached hydrogens (primary N) is 1. The van der Waals surface area contributed by atoms with Gasteiger partial charge in [-0.2, -0.15) is 5.53 Å². The zero-order chi connectivity index (χ0) is 32.1. The van der Waals surface area contributed by atoms with E-state index in [1.54, 1.807) is 25.2 Å². The molecule has 1 heterocycles. The molecule has 2 amide bonds. The maximum Gasteiger partial charge on any atom is 0.275 e. The molecule has 11 heteroatoms. The highest BCUT2D eigenvalue weighted by Gasteiger charge is 2.52. The van der Waals surface area contributed by atoms with Crippen molar-refractivity contribution in [3.63, 3.8) is 0 Å². The fourth-order valence-electron chi connectivity index (χ4n) is 6.40. The summed E-state index contributed by atoms with van der Waals surface area (Å²) in [6, 6.07) is 11.6. The Bertz CT molecular complexity index is 1400. The van der Waals surface area contributed by atoms with Crippen molar-refractivity contribution in [2.75, 3.05) is 13.6 Å². The number of amidine groups is 1. The van der Waals surface area contributed by atoms with E-state index >= 15 is 0 Å². The Morgan fingerprint density at radius 3 is 2.45 bits per heavy atom. The third-order valence-corrected chi connectivity index (χ3v) is 9.30. The average molecular weight is 626 g/mol. The quantitative estimate of drug-likeness (QED) is 0.117. The Balaban J connectivity index is 1.68. The molecule has 1 atom stereocenters. The van der Waals surface area contributed by atoms with E-state index in [4.69, 9.17) is 22.4 Å². The molecular formula is C33H45ClFN7O2. The number of hydrogen-bond acceptors (Lipinski definition) is 6. The Labute approximate surface area is 264 Å². The van der Waals surface area contributed by atoms with Crippen molar-refractivity contribution < 1.29 is 14.0 Å². The lowest BCUT2D eigenvalue weighted by Gasteiger charge is -2.47. The van der Waals surface area contributed by atoms with Gasteiger partial charge in [-0.3, -0.25) is 30.8 Å². The second-order valence-electron chi connectivity index (χ2n) is 12.8. The third-order valence-electron chi connectivity index (χ3n) is 9.00. The van der Waals surface area contributed by atoms with E-state index in [9.17, 15) is 14.0 Å². The summed E-state index contributed by atoms with van der Waals surface area (Å²) in [5.74, 6) is 5.24. The van der Waals surface area contributed by atoms with Gasteiger partial charge in [0.25, 0.3) is 11.8 Å². The first kappa shape index (κ1) is 33.6. The summed E-state index contributed by atoms with van der Waals surface area (Å²) in [4.78, 5) is 38.4. The highest BCUT2D eigenvalue weighted by molar-refractivity contribution is 6.47. The number of carbonyl (C=O) groups excluding carboxylic acids is 2. The van der Waals surface area contributed by atoms with Crippen molar-refractivity contribution in [1.29, 1.82) is 0 Å². The maximum atomic E-state index is 14.6. The standard InChI is InChI=1S/C33H45ClFN7O2/c1-6-7-8-27(21-9-11-22(12-10-21)30(43)38-20-28(37-5)40-41-36)42-31(44)29(23-13-14-25(34)26(35)19-23)39-33(42)17-15-24(16-18-33)32(2,3)4/h9-14,19,24,27,41H,6-8,15-18,20,36H2,1-5H3,(H,37,40)(H,38,43). The highest BCUT2D eigenvalue weighted by atomic mass is 35.5. The molecule has 2 aliphatic rings. The summed E-state index contributed by atoms with van der Waals surface area (Å²) in [5, 5.41) is 2.83. The molecule has 4 rings (SSSR count). The Morgan fingerprint density at radius 2 is 1.89 bits per heavy atom. The van der Waals surface area contributed by atoms with Gasteiger partial charge in [0, 0.05) is 18.2 Å². The summed E-state index contributed by atoms with van der Waals surface area (Å²) in [6.45, 7) is 9.10. The Kier molecular flexibility index (Phi) is 10.8. The number of halogens is 2. The number of unbranched alkanes of at least 4 members (excludes halogenated alkanes) is 1. The van der Waals surface area contributed by atoms with Crippen molar-refractivity contribution in [3.05, 3.63) is 70.0 Å². The van der Waals surface area contributed by atoms with E-state index in [-0.39, 0.29) is 40.6 Å². The molecule has 0 aromatic heterocycles. The van der Waals surface area contributed by atoms with Crippen LogP contribution >= 0.6 is 11.6 Å². The fraction of sp³-hybridized carbons (Fsp3) is 0.515. The molecule has 1 fully saturated rings. The molecule has 238 valence electrons. The SMILES string of the molecule is CCCCC(c1ccc(C(=O)NCC(=NC)NNN)cc1)N1C(=O)C(c2ccc(Cl)c(F)c2)=NC12CCC(C(C)(C)C)CC2. The van der Waals surface area contributed by atoms with E-state index in [1.165, 1.54) is 12.1 Å². The van der Waals surface area contributed by atoms with Gasteiger partial charge in [0.2, 0.25) is 0 Å². The minimum atomic E-state index is -0.724. The van der Waals surface area contributed by atoms with Crippen molar-refractivity contribution in [1.82, 2.24) is 21.2 Å². The van der Waals surface area contributed by atoms with Crippen LogP contribution in [0.2, 0.25) is 5.02 Å². The molecule has 9 nitrogen and oxygen atoms in total. The Morgan fingerprint density at radius 1 is 1.20 bits per heavy atom. The predicted octanol–water partition coefficient (Wildman–Crippen LogP) is 5.70. The minimum Gasteiger partial charge on any atom is -0.345 e. The number of nitrogens with zero attached hydrogens (tertiary/aromatic N) is 3. The van der Waals surface area contributed by atoms with E-state index < -0.39 is 11.5 Å². The summed E-state index contributed by atoms with van der Waals surface area (Å²) < 4.78 is 14.6. The average Bonchev–Trinajstić information content (AvgIpc) is 3.27. The number of benzene rings is 2. The highest BCUT2D eigenvalue weighted by Crippen LogP contribution is 2.50.